The monoisotopic (exact) mass is 292 g/mol. The van der Waals surface area contributed by atoms with Crippen molar-refractivity contribution in [2.75, 3.05) is 6.54 Å². The average molecular weight is 292 g/mol. The molecule has 0 amide bonds. The molecule has 0 saturated carbocycles. The molecule has 0 aliphatic carbocycles. The van der Waals surface area contributed by atoms with Gasteiger partial charge in [0.25, 0.3) is 0 Å². The molecule has 0 radical (unpaired) electrons. The Kier molecular flexibility index (Phi) is 4.20. The zero-order valence-corrected chi connectivity index (χ0v) is 11.2. The van der Waals surface area contributed by atoms with Gasteiger partial charge in [0, 0.05) is 6.54 Å². The summed E-state index contributed by atoms with van der Waals surface area (Å²) in [5.41, 5.74) is 0.0486. The van der Waals surface area contributed by atoms with Gasteiger partial charge in [-0.05, 0) is 24.3 Å². The quantitative estimate of drug-likeness (QED) is 0.860. The summed E-state index contributed by atoms with van der Waals surface area (Å²) >= 11 is 0. The molecule has 1 atom stereocenters. The molecule has 104 valence electrons. The zero-order chi connectivity index (χ0) is 14.6. The minimum Gasteiger partial charge on any atom is -0.467 e. The maximum Gasteiger partial charge on any atom is 0.241 e. The fraction of sp³-hybridized carbons (Fsp3) is 0.154. The molecule has 20 heavy (non-hydrogen) atoms. The van der Waals surface area contributed by atoms with Crippen LogP contribution >= 0.6 is 0 Å². The van der Waals surface area contributed by atoms with Crippen molar-refractivity contribution in [1.29, 1.82) is 5.26 Å². The number of benzene rings is 1. The predicted molar refractivity (Wildman–Crippen MR) is 70.0 cm³/mol. The number of aliphatic hydroxyl groups is 1. The molecular weight excluding hydrogens is 280 g/mol. The molecule has 0 aliphatic heterocycles. The zero-order valence-electron chi connectivity index (χ0n) is 10.4. The Morgan fingerprint density at radius 1 is 1.30 bits per heavy atom. The van der Waals surface area contributed by atoms with Crippen LogP contribution in [0.2, 0.25) is 0 Å². The maximum atomic E-state index is 12.1. The lowest BCUT2D eigenvalue weighted by Crippen LogP contribution is -2.29. The van der Waals surface area contributed by atoms with E-state index in [9.17, 15) is 13.5 Å². The Morgan fingerprint density at radius 2 is 2.05 bits per heavy atom. The van der Waals surface area contributed by atoms with Gasteiger partial charge in [0.05, 0.1) is 16.7 Å². The highest BCUT2D eigenvalue weighted by Gasteiger charge is 2.20. The largest absolute Gasteiger partial charge is 0.467 e. The van der Waals surface area contributed by atoms with Crippen molar-refractivity contribution in [1.82, 2.24) is 4.72 Å². The van der Waals surface area contributed by atoms with E-state index in [2.05, 4.69) is 4.72 Å². The van der Waals surface area contributed by atoms with E-state index in [-0.39, 0.29) is 22.8 Å². The van der Waals surface area contributed by atoms with E-state index in [0.717, 1.165) is 0 Å². The van der Waals surface area contributed by atoms with Crippen LogP contribution in [0.25, 0.3) is 0 Å². The van der Waals surface area contributed by atoms with Gasteiger partial charge in [0.15, 0.2) is 0 Å². The Morgan fingerprint density at radius 3 is 2.70 bits per heavy atom. The molecule has 1 unspecified atom stereocenters. The normalized spacial score (nSPS) is 12.8. The van der Waals surface area contributed by atoms with Crippen molar-refractivity contribution in [3.63, 3.8) is 0 Å². The van der Waals surface area contributed by atoms with E-state index in [1.165, 1.54) is 24.5 Å². The van der Waals surface area contributed by atoms with Crippen LogP contribution in [0.5, 0.6) is 0 Å². The molecule has 0 fully saturated rings. The molecule has 2 aromatic rings. The fourth-order valence-corrected chi connectivity index (χ4v) is 2.83. The van der Waals surface area contributed by atoms with E-state index in [0.29, 0.717) is 0 Å². The molecule has 2 N–H and O–H groups in total. The topological polar surface area (TPSA) is 103 Å². The smallest absolute Gasteiger partial charge is 0.241 e. The number of nitrogens with one attached hydrogen (secondary N) is 1. The van der Waals surface area contributed by atoms with Gasteiger partial charge in [0.1, 0.15) is 17.9 Å². The summed E-state index contributed by atoms with van der Waals surface area (Å²) in [6, 6.07) is 10.8. The highest BCUT2D eigenvalue weighted by atomic mass is 32.2. The summed E-state index contributed by atoms with van der Waals surface area (Å²) in [6.45, 7) is -0.240. The first-order chi connectivity index (χ1) is 9.54. The SMILES string of the molecule is N#Cc1ccccc1S(=O)(=O)NCC(O)c1ccco1. The molecule has 1 aromatic heterocycles. The number of hydrogen-bond acceptors (Lipinski definition) is 5. The number of furan rings is 1. The van der Waals surface area contributed by atoms with E-state index in [1.807, 2.05) is 6.07 Å². The van der Waals surface area contributed by atoms with E-state index >= 15 is 0 Å². The summed E-state index contributed by atoms with van der Waals surface area (Å²) in [4.78, 5) is -0.117. The van der Waals surface area contributed by atoms with Crippen LogP contribution in [0.1, 0.15) is 17.4 Å². The number of hydrogen-bond donors (Lipinski definition) is 2. The molecule has 1 aromatic carbocycles. The third-order valence-corrected chi connectivity index (χ3v) is 4.12. The Balaban J connectivity index is 2.14. The van der Waals surface area contributed by atoms with Gasteiger partial charge in [-0.25, -0.2) is 13.1 Å². The lowest BCUT2D eigenvalue weighted by atomic mass is 10.2. The van der Waals surface area contributed by atoms with Crippen LogP contribution in [-0.2, 0) is 10.0 Å². The van der Waals surface area contributed by atoms with Gasteiger partial charge in [-0.1, -0.05) is 12.1 Å². The Labute approximate surface area is 116 Å². The van der Waals surface area contributed by atoms with Crippen LogP contribution in [0, 0.1) is 11.3 Å². The van der Waals surface area contributed by atoms with E-state index in [4.69, 9.17) is 9.68 Å². The van der Waals surface area contributed by atoms with Crippen LogP contribution in [0.4, 0.5) is 0 Å². The highest BCUT2D eigenvalue weighted by molar-refractivity contribution is 7.89. The van der Waals surface area contributed by atoms with Crippen molar-refractivity contribution >= 4 is 10.0 Å². The summed E-state index contributed by atoms with van der Waals surface area (Å²) < 4.78 is 31.4. The van der Waals surface area contributed by atoms with Crippen LogP contribution < -0.4 is 4.72 Å². The second-order valence-corrected chi connectivity index (χ2v) is 5.73. The average Bonchev–Trinajstić information content (AvgIpc) is 2.99. The van der Waals surface area contributed by atoms with E-state index < -0.39 is 16.1 Å². The van der Waals surface area contributed by atoms with Crippen molar-refractivity contribution in [3.8, 4) is 6.07 Å². The summed E-state index contributed by atoms with van der Waals surface area (Å²) in [5, 5.41) is 18.7. The van der Waals surface area contributed by atoms with Crippen LogP contribution in [-0.4, -0.2) is 20.1 Å². The maximum absolute atomic E-state index is 12.1. The third-order valence-electron chi connectivity index (χ3n) is 2.64. The van der Waals surface area contributed by atoms with Crippen molar-refractivity contribution in [2.45, 2.75) is 11.0 Å². The first kappa shape index (κ1) is 14.3. The first-order valence-corrected chi connectivity index (χ1v) is 7.23. The van der Waals surface area contributed by atoms with Gasteiger partial charge >= 0.3 is 0 Å². The van der Waals surface area contributed by atoms with Crippen molar-refractivity contribution < 1.29 is 17.9 Å². The second kappa shape index (κ2) is 5.88. The van der Waals surface area contributed by atoms with Gasteiger partial charge in [-0.15, -0.1) is 0 Å². The number of nitriles is 1. The van der Waals surface area contributed by atoms with Gasteiger partial charge < -0.3 is 9.52 Å². The fourth-order valence-electron chi connectivity index (χ4n) is 1.64. The van der Waals surface area contributed by atoms with Gasteiger partial charge in [-0.2, -0.15) is 5.26 Å². The number of aliphatic hydroxyl groups excluding tert-OH is 1. The molecular formula is C13H12N2O4S. The van der Waals surface area contributed by atoms with E-state index in [1.54, 1.807) is 18.2 Å². The summed E-state index contributed by atoms with van der Waals surface area (Å²) in [7, 11) is -3.86. The Bertz CT molecular complexity index is 717. The second-order valence-electron chi connectivity index (χ2n) is 3.99. The number of sulfonamides is 1. The van der Waals surface area contributed by atoms with Crippen LogP contribution in [0.3, 0.4) is 0 Å². The molecule has 0 saturated heterocycles. The summed E-state index contributed by atoms with van der Waals surface area (Å²) in [5.74, 6) is 0.265. The molecule has 6 nitrogen and oxygen atoms in total. The number of rotatable bonds is 5. The molecule has 2 rings (SSSR count). The van der Waals surface area contributed by atoms with Gasteiger partial charge in [0.2, 0.25) is 10.0 Å². The summed E-state index contributed by atoms with van der Waals surface area (Å²) in [6.07, 6.45) is 0.298. The standard InChI is InChI=1S/C13H12N2O4S/c14-8-10-4-1-2-6-13(10)20(17,18)15-9-11(16)12-5-3-7-19-12/h1-7,11,15-16H,9H2. The highest BCUT2D eigenvalue weighted by Crippen LogP contribution is 2.16. The predicted octanol–water partition coefficient (Wildman–Crippen LogP) is 1.16. The lowest BCUT2D eigenvalue weighted by Gasteiger charge is -2.11. The minimum atomic E-state index is -3.86. The van der Waals surface area contributed by atoms with Gasteiger partial charge in [-0.3, -0.25) is 0 Å². The minimum absolute atomic E-state index is 0.0486. The first-order valence-electron chi connectivity index (χ1n) is 5.75. The number of nitrogens with zero attached hydrogens (tertiary/aromatic N) is 1. The van der Waals surface area contributed by atoms with Crippen LogP contribution in [0.15, 0.2) is 52.0 Å². The molecule has 0 spiro atoms. The van der Waals surface area contributed by atoms with Crippen molar-refractivity contribution in [2.24, 2.45) is 0 Å². The molecule has 1 heterocycles. The molecule has 0 aliphatic rings. The molecule has 7 heteroatoms. The lowest BCUT2D eigenvalue weighted by molar-refractivity contribution is 0.154. The molecule has 0 bridgehead atoms. The third kappa shape index (κ3) is 3.05. The van der Waals surface area contributed by atoms with Crippen molar-refractivity contribution in [3.05, 3.63) is 54.0 Å². The Hall–Kier alpha value is -2.14.